The van der Waals surface area contributed by atoms with E-state index in [-0.39, 0.29) is 11.5 Å². The van der Waals surface area contributed by atoms with Gasteiger partial charge in [-0.1, -0.05) is 13.8 Å². The van der Waals surface area contributed by atoms with Gasteiger partial charge in [0.2, 0.25) is 0 Å². The van der Waals surface area contributed by atoms with Crippen LogP contribution in [0.3, 0.4) is 0 Å². The second-order valence-corrected chi connectivity index (χ2v) is 5.36. The molecule has 15 heavy (non-hydrogen) atoms. The van der Waals surface area contributed by atoms with Gasteiger partial charge in [0.15, 0.2) is 0 Å². The van der Waals surface area contributed by atoms with Gasteiger partial charge >= 0.3 is 5.97 Å². The first-order valence-corrected chi connectivity index (χ1v) is 5.72. The van der Waals surface area contributed by atoms with Gasteiger partial charge in [-0.15, -0.1) is 0 Å². The highest BCUT2D eigenvalue weighted by Crippen LogP contribution is 2.03. The van der Waals surface area contributed by atoms with Gasteiger partial charge < -0.3 is 10.1 Å². The molecule has 0 aromatic carbocycles. The van der Waals surface area contributed by atoms with E-state index in [0.29, 0.717) is 19.1 Å². The molecule has 0 saturated carbocycles. The summed E-state index contributed by atoms with van der Waals surface area (Å²) in [5.41, 5.74) is -0.0308. The number of ether oxygens (including phenoxy) is 1. The van der Waals surface area contributed by atoms with Crippen molar-refractivity contribution in [3.05, 3.63) is 0 Å². The van der Waals surface area contributed by atoms with Gasteiger partial charge in [-0.2, -0.15) is 0 Å². The number of carbonyl (C=O) groups excluding carboxylic acids is 1. The lowest BCUT2D eigenvalue weighted by Gasteiger charge is -2.19. The van der Waals surface area contributed by atoms with E-state index in [9.17, 15) is 4.79 Å². The van der Waals surface area contributed by atoms with E-state index in [1.165, 1.54) is 0 Å². The summed E-state index contributed by atoms with van der Waals surface area (Å²) in [5.74, 6) is 0.519. The maximum absolute atomic E-state index is 11.2. The Hall–Kier alpha value is -0.570. The Morgan fingerprint density at radius 2 is 1.93 bits per heavy atom. The highest BCUT2D eigenvalue weighted by Gasteiger charge is 2.11. The molecular weight excluding hydrogens is 190 g/mol. The van der Waals surface area contributed by atoms with Crippen molar-refractivity contribution < 1.29 is 9.53 Å². The molecule has 0 spiro atoms. The number of nitrogens with one attached hydrogen (secondary N) is 1. The topological polar surface area (TPSA) is 38.3 Å². The van der Waals surface area contributed by atoms with Crippen LogP contribution in [-0.2, 0) is 9.53 Å². The first-order valence-electron chi connectivity index (χ1n) is 5.72. The van der Waals surface area contributed by atoms with E-state index in [4.69, 9.17) is 4.74 Å². The lowest BCUT2D eigenvalue weighted by molar-refractivity contribution is -0.143. The molecule has 3 nitrogen and oxygen atoms in total. The Labute approximate surface area is 93.6 Å². The predicted octanol–water partition coefficient (Wildman–Crippen LogP) is 2.35. The van der Waals surface area contributed by atoms with Gasteiger partial charge in [0.25, 0.3) is 0 Å². The van der Waals surface area contributed by atoms with Crippen LogP contribution in [0.25, 0.3) is 0 Å². The summed E-state index contributed by atoms with van der Waals surface area (Å²) in [7, 11) is 0. The second-order valence-electron chi connectivity index (χ2n) is 5.36. The van der Waals surface area contributed by atoms with Crippen LogP contribution in [-0.4, -0.2) is 24.7 Å². The summed E-state index contributed by atoms with van der Waals surface area (Å²) in [6.07, 6.45) is 2.07. The molecule has 0 atom stereocenters. The first-order chi connectivity index (χ1) is 6.81. The van der Waals surface area contributed by atoms with E-state index >= 15 is 0 Å². The van der Waals surface area contributed by atoms with E-state index in [0.717, 1.165) is 12.8 Å². The van der Waals surface area contributed by atoms with Crippen molar-refractivity contribution in [2.24, 2.45) is 5.92 Å². The summed E-state index contributed by atoms with van der Waals surface area (Å²) in [4.78, 5) is 11.2. The molecule has 0 fully saturated rings. The van der Waals surface area contributed by atoms with E-state index in [1.807, 2.05) is 20.8 Å². The van der Waals surface area contributed by atoms with Crippen LogP contribution in [0.2, 0.25) is 0 Å². The van der Waals surface area contributed by atoms with Gasteiger partial charge in [-0.05, 0) is 39.5 Å². The standard InChI is InChI=1S/C12H25NO2/c1-10(2)7-6-8-15-11(14)9-13-12(3,4)5/h10,13H,6-9H2,1-5H3. The minimum absolute atomic E-state index is 0.0308. The largest absolute Gasteiger partial charge is 0.465 e. The molecule has 0 bridgehead atoms. The Bertz CT molecular complexity index is 183. The van der Waals surface area contributed by atoms with E-state index in [2.05, 4.69) is 19.2 Å². The van der Waals surface area contributed by atoms with Crippen LogP contribution < -0.4 is 5.32 Å². The number of esters is 1. The Morgan fingerprint density at radius 3 is 2.40 bits per heavy atom. The minimum Gasteiger partial charge on any atom is -0.465 e. The Morgan fingerprint density at radius 1 is 1.33 bits per heavy atom. The fourth-order valence-electron chi connectivity index (χ4n) is 1.07. The molecule has 0 aliphatic rings. The minimum atomic E-state index is -0.159. The molecule has 0 aromatic rings. The normalized spacial score (nSPS) is 11.9. The Kier molecular flexibility index (Phi) is 6.57. The molecule has 0 amide bonds. The van der Waals surface area contributed by atoms with Crippen LogP contribution in [0.4, 0.5) is 0 Å². The number of hydrogen-bond donors (Lipinski definition) is 1. The van der Waals surface area contributed by atoms with Gasteiger partial charge in [-0.25, -0.2) is 0 Å². The number of hydrogen-bond acceptors (Lipinski definition) is 3. The zero-order valence-electron chi connectivity index (χ0n) is 10.7. The zero-order valence-corrected chi connectivity index (χ0v) is 10.7. The van der Waals surface area contributed by atoms with E-state index in [1.54, 1.807) is 0 Å². The molecule has 0 unspecified atom stereocenters. The summed E-state index contributed by atoms with van der Waals surface area (Å²) in [5, 5.41) is 3.10. The highest BCUT2D eigenvalue weighted by molar-refractivity contribution is 5.71. The first kappa shape index (κ1) is 14.4. The molecule has 0 saturated heterocycles. The quantitative estimate of drug-likeness (QED) is 0.546. The van der Waals surface area contributed by atoms with Crippen LogP contribution in [0, 0.1) is 5.92 Å². The molecule has 90 valence electrons. The van der Waals surface area contributed by atoms with Crippen molar-refractivity contribution in [2.75, 3.05) is 13.2 Å². The maximum Gasteiger partial charge on any atom is 0.319 e. The van der Waals surface area contributed by atoms with Crippen molar-refractivity contribution in [2.45, 2.75) is 53.0 Å². The van der Waals surface area contributed by atoms with Gasteiger partial charge in [-0.3, -0.25) is 4.79 Å². The number of rotatable bonds is 6. The predicted molar refractivity (Wildman–Crippen MR) is 62.8 cm³/mol. The third kappa shape index (κ3) is 11.4. The molecule has 0 aliphatic carbocycles. The monoisotopic (exact) mass is 215 g/mol. The van der Waals surface area contributed by atoms with Crippen LogP contribution >= 0.6 is 0 Å². The third-order valence-electron chi connectivity index (χ3n) is 1.95. The van der Waals surface area contributed by atoms with Crippen LogP contribution in [0.1, 0.15) is 47.5 Å². The van der Waals surface area contributed by atoms with Gasteiger partial charge in [0.05, 0.1) is 13.2 Å². The van der Waals surface area contributed by atoms with Crippen molar-refractivity contribution in [1.82, 2.24) is 5.32 Å². The van der Waals surface area contributed by atoms with Gasteiger partial charge in [0.1, 0.15) is 0 Å². The van der Waals surface area contributed by atoms with Gasteiger partial charge in [0, 0.05) is 5.54 Å². The average Bonchev–Trinajstić information content (AvgIpc) is 2.07. The molecular formula is C12H25NO2. The summed E-state index contributed by atoms with van der Waals surface area (Å²) >= 11 is 0. The Balaban J connectivity index is 3.42. The summed E-state index contributed by atoms with van der Waals surface area (Å²) < 4.78 is 5.09. The fraction of sp³-hybridized carbons (Fsp3) is 0.917. The van der Waals surface area contributed by atoms with Crippen molar-refractivity contribution >= 4 is 5.97 Å². The van der Waals surface area contributed by atoms with Crippen molar-refractivity contribution in [3.63, 3.8) is 0 Å². The van der Waals surface area contributed by atoms with Crippen molar-refractivity contribution in [3.8, 4) is 0 Å². The lowest BCUT2D eigenvalue weighted by Crippen LogP contribution is -2.40. The highest BCUT2D eigenvalue weighted by atomic mass is 16.5. The molecule has 0 rings (SSSR count). The van der Waals surface area contributed by atoms with E-state index < -0.39 is 0 Å². The average molecular weight is 215 g/mol. The maximum atomic E-state index is 11.2. The zero-order chi connectivity index (χ0) is 11.9. The molecule has 1 N–H and O–H groups in total. The fourth-order valence-corrected chi connectivity index (χ4v) is 1.07. The van der Waals surface area contributed by atoms with Crippen molar-refractivity contribution in [1.29, 1.82) is 0 Å². The smallest absolute Gasteiger partial charge is 0.319 e. The lowest BCUT2D eigenvalue weighted by atomic mass is 10.1. The molecule has 0 aromatic heterocycles. The second kappa shape index (κ2) is 6.83. The summed E-state index contributed by atoms with van der Waals surface area (Å²) in [6.45, 7) is 11.3. The molecule has 3 heteroatoms. The SMILES string of the molecule is CC(C)CCCOC(=O)CNC(C)(C)C. The molecule has 0 heterocycles. The molecule has 0 aliphatic heterocycles. The third-order valence-corrected chi connectivity index (χ3v) is 1.95. The van der Waals surface area contributed by atoms with Crippen LogP contribution in [0.15, 0.2) is 0 Å². The number of carbonyl (C=O) groups is 1. The molecule has 0 radical (unpaired) electrons. The summed E-state index contributed by atoms with van der Waals surface area (Å²) in [6, 6.07) is 0. The van der Waals surface area contributed by atoms with Crippen LogP contribution in [0.5, 0.6) is 0 Å².